The first kappa shape index (κ1) is 16.2. The summed E-state index contributed by atoms with van der Waals surface area (Å²) in [6.07, 6.45) is 1.72. The van der Waals surface area contributed by atoms with Gasteiger partial charge in [-0.2, -0.15) is 0 Å². The average molecular weight is 326 g/mol. The number of ether oxygens (including phenoxy) is 1. The van der Waals surface area contributed by atoms with Crippen LogP contribution in [0.3, 0.4) is 0 Å². The highest BCUT2D eigenvalue weighted by atomic mass is 16.5. The van der Waals surface area contributed by atoms with Gasteiger partial charge in [0, 0.05) is 13.0 Å². The van der Waals surface area contributed by atoms with Gasteiger partial charge < -0.3 is 14.9 Å². The summed E-state index contributed by atoms with van der Waals surface area (Å²) in [4.78, 5) is 22.5. The van der Waals surface area contributed by atoms with Gasteiger partial charge in [-0.15, -0.1) is 0 Å². The average Bonchev–Trinajstić information content (AvgIpc) is 3.35. The van der Waals surface area contributed by atoms with E-state index in [0.29, 0.717) is 17.9 Å². The van der Waals surface area contributed by atoms with Crippen LogP contribution >= 0.6 is 0 Å². The predicted octanol–water partition coefficient (Wildman–Crippen LogP) is 3.18. The van der Waals surface area contributed by atoms with E-state index < -0.39 is 11.9 Å². The number of rotatable bonds is 6. The summed E-state index contributed by atoms with van der Waals surface area (Å²) in [7, 11) is 1.71. The molecule has 0 radical (unpaired) electrons. The SMILES string of the molecule is COC1CC1c1cccc(Cc2ccc(C(=O)O)cc2C(=O)O)c1. The lowest BCUT2D eigenvalue weighted by molar-refractivity contribution is 0.0695. The lowest BCUT2D eigenvalue weighted by Gasteiger charge is -2.09. The van der Waals surface area contributed by atoms with Gasteiger partial charge in [-0.05, 0) is 41.7 Å². The Morgan fingerprint density at radius 1 is 1.12 bits per heavy atom. The van der Waals surface area contributed by atoms with Gasteiger partial charge in [0.05, 0.1) is 17.2 Å². The third-order valence-electron chi connectivity index (χ3n) is 4.40. The maximum atomic E-state index is 11.4. The predicted molar refractivity (Wildman–Crippen MR) is 87.8 cm³/mol. The quantitative estimate of drug-likeness (QED) is 0.852. The van der Waals surface area contributed by atoms with E-state index >= 15 is 0 Å². The van der Waals surface area contributed by atoms with Crippen LogP contribution in [0.2, 0.25) is 0 Å². The van der Waals surface area contributed by atoms with Gasteiger partial charge >= 0.3 is 11.9 Å². The Labute approximate surface area is 139 Å². The van der Waals surface area contributed by atoms with E-state index in [1.807, 2.05) is 12.1 Å². The van der Waals surface area contributed by atoms with E-state index in [4.69, 9.17) is 9.84 Å². The smallest absolute Gasteiger partial charge is 0.336 e. The molecular formula is C19H18O5. The van der Waals surface area contributed by atoms with Gasteiger partial charge in [0.15, 0.2) is 0 Å². The van der Waals surface area contributed by atoms with Crippen LogP contribution in [-0.2, 0) is 11.2 Å². The molecule has 1 aliphatic carbocycles. The minimum absolute atomic E-state index is 0.0224. The number of hydrogen-bond acceptors (Lipinski definition) is 3. The molecule has 24 heavy (non-hydrogen) atoms. The summed E-state index contributed by atoms with van der Waals surface area (Å²) in [5.74, 6) is -1.85. The molecule has 2 atom stereocenters. The Bertz CT molecular complexity index is 796. The van der Waals surface area contributed by atoms with E-state index in [2.05, 4.69) is 12.1 Å². The summed E-state index contributed by atoms with van der Waals surface area (Å²) in [6, 6.07) is 12.3. The highest BCUT2D eigenvalue weighted by Gasteiger charge is 2.38. The van der Waals surface area contributed by atoms with Crippen molar-refractivity contribution in [2.24, 2.45) is 0 Å². The van der Waals surface area contributed by atoms with E-state index in [1.165, 1.54) is 17.7 Å². The van der Waals surface area contributed by atoms with Gasteiger partial charge in [0.25, 0.3) is 0 Å². The molecule has 0 aliphatic heterocycles. The molecule has 0 heterocycles. The molecule has 0 spiro atoms. The summed E-state index contributed by atoms with van der Waals surface area (Å²) in [5, 5.41) is 18.4. The Hall–Kier alpha value is -2.66. The third-order valence-corrected chi connectivity index (χ3v) is 4.40. The molecule has 2 unspecified atom stereocenters. The van der Waals surface area contributed by atoms with Crippen molar-refractivity contribution in [1.82, 2.24) is 0 Å². The van der Waals surface area contributed by atoms with Crippen molar-refractivity contribution in [3.05, 3.63) is 70.3 Å². The molecule has 1 saturated carbocycles. The first-order valence-electron chi connectivity index (χ1n) is 7.70. The zero-order chi connectivity index (χ0) is 17.3. The molecule has 1 aliphatic rings. The summed E-state index contributed by atoms with van der Waals surface area (Å²) in [6.45, 7) is 0. The van der Waals surface area contributed by atoms with E-state index in [1.54, 1.807) is 13.2 Å². The Kier molecular flexibility index (Phi) is 4.36. The summed E-state index contributed by atoms with van der Waals surface area (Å²) >= 11 is 0. The van der Waals surface area contributed by atoms with Gasteiger partial charge in [-0.1, -0.05) is 30.3 Å². The van der Waals surface area contributed by atoms with Gasteiger partial charge in [-0.25, -0.2) is 9.59 Å². The third kappa shape index (κ3) is 3.31. The lowest BCUT2D eigenvalue weighted by atomic mass is 9.96. The number of carbonyl (C=O) groups is 2. The highest BCUT2D eigenvalue weighted by Crippen LogP contribution is 2.43. The molecule has 3 rings (SSSR count). The number of carboxylic acid groups (broad SMARTS) is 2. The molecule has 0 aromatic heterocycles. The first-order chi connectivity index (χ1) is 11.5. The number of methoxy groups -OCH3 is 1. The molecule has 1 fully saturated rings. The molecule has 2 aromatic carbocycles. The number of aromatic carboxylic acids is 2. The number of benzene rings is 2. The van der Waals surface area contributed by atoms with Crippen molar-refractivity contribution in [3.8, 4) is 0 Å². The van der Waals surface area contributed by atoms with Crippen molar-refractivity contribution in [2.75, 3.05) is 7.11 Å². The van der Waals surface area contributed by atoms with Gasteiger partial charge in [-0.3, -0.25) is 0 Å². The molecule has 0 bridgehead atoms. The van der Waals surface area contributed by atoms with Gasteiger partial charge in [0.2, 0.25) is 0 Å². The zero-order valence-corrected chi connectivity index (χ0v) is 13.2. The Balaban J connectivity index is 1.87. The van der Waals surface area contributed by atoms with Crippen molar-refractivity contribution in [3.63, 3.8) is 0 Å². The van der Waals surface area contributed by atoms with Crippen molar-refractivity contribution < 1.29 is 24.5 Å². The molecule has 0 amide bonds. The van der Waals surface area contributed by atoms with Crippen molar-refractivity contribution in [2.45, 2.75) is 24.9 Å². The Morgan fingerprint density at radius 2 is 1.92 bits per heavy atom. The largest absolute Gasteiger partial charge is 0.478 e. The maximum absolute atomic E-state index is 11.4. The molecule has 5 heteroatoms. The fourth-order valence-electron chi connectivity index (χ4n) is 3.00. The topological polar surface area (TPSA) is 83.8 Å². The normalized spacial score (nSPS) is 19.0. The van der Waals surface area contributed by atoms with Crippen molar-refractivity contribution >= 4 is 11.9 Å². The summed E-state index contributed by atoms with van der Waals surface area (Å²) in [5.41, 5.74) is 2.80. The second-order valence-corrected chi connectivity index (χ2v) is 6.02. The van der Waals surface area contributed by atoms with Crippen LogP contribution in [0, 0.1) is 0 Å². The van der Waals surface area contributed by atoms with E-state index in [-0.39, 0.29) is 17.2 Å². The van der Waals surface area contributed by atoms with E-state index in [9.17, 15) is 14.7 Å². The van der Waals surface area contributed by atoms with Crippen LogP contribution in [-0.4, -0.2) is 35.4 Å². The number of carboxylic acids is 2. The monoisotopic (exact) mass is 326 g/mol. The molecule has 5 nitrogen and oxygen atoms in total. The van der Waals surface area contributed by atoms with Crippen LogP contribution < -0.4 is 0 Å². The van der Waals surface area contributed by atoms with Crippen LogP contribution in [0.25, 0.3) is 0 Å². The van der Waals surface area contributed by atoms with E-state index in [0.717, 1.165) is 12.0 Å². The molecule has 0 saturated heterocycles. The van der Waals surface area contributed by atoms with Crippen LogP contribution in [0.1, 0.15) is 49.7 Å². The first-order valence-corrected chi connectivity index (χ1v) is 7.70. The second kappa shape index (κ2) is 6.45. The maximum Gasteiger partial charge on any atom is 0.336 e. The summed E-state index contributed by atoms with van der Waals surface area (Å²) < 4.78 is 5.34. The molecule has 2 aromatic rings. The second-order valence-electron chi connectivity index (χ2n) is 6.02. The standard InChI is InChI=1S/C19H18O5/c1-24-17-10-15(17)12-4-2-3-11(7-12)8-13-5-6-14(18(20)21)9-16(13)19(22)23/h2-7,9,15,17H,8,10H2,1H3,(H,20,21)(H,22,23). The zero-order valence-electron chi connectivity index (χ0n) is 13.2. The Morgan fingerprint density at radius 3 is 2.54 bits per heavy atom. The molecule has 2 N–H and O–H groups in total. The van der Waals surface area contributed by atoms with Gasteiger partial charge in [0.1, 0.15) is 0 Å². The fourth-order valence-corrected chi connectivity index (χ4v) is 3.00. The van der Waals surface area contributed by atoms with Crippen LogP contribution in [0.15, 0.2) is 42.5 Å². The lowest BCUT2D eigenvalue weighted by Crippen LogP contribution is -2.07. The number of hydrogen-bond donors (Lipinski definition) is 2. The van der Waals surface area contributed by atoms with Crippen LogP contribution in [0.5, 0.6) is 0 Å². The minimum Gasteiger partial charge on any atom is -0.478 e. The fraction of sp³-hybridized carbons (Fsp3) is 0.263. The molecular weight excluding hydrogens is 308 g/mol. The molecule has 124 valence electrons. The minimum atomic E-state index is -1.13. The highest BCUT2D eigenvalue weighted by molar-refractivity contribution is 5.94. The van der Waals surface area contributed by atoms with Crippen LogP contribution in [0.4, 0.5) is 0 Å². The van der Waals surface area contributed by atoms with Crippen molar-refractivity contribution in [1.29, 1.82) is 0 Å².